The summed E-state index contributed by atoms with van der Waals surface area (Å²) in [4.78, 5) is 0. The molecule has 0 amide bonds. The van der Waals surface area contributed by atoms with Gasteiger partial charge in [0.1, 0.15) is 0 Å². The first-order valence-electron chi connectivity index (χ1n) is 0. The summed E-state index contributed by atoms with van der Waals surface area (Å²) in [6.45, 7) is 0. The van der Waals surface area contributed by atoms with E-state index in [0.29, 0.717) is 0 Å². The molecule has 0 atom stereocenters. The standard InChI is InChI=1S/2Al.4O.2Sr/q2*+3;4*-2;2*+2. The Labute approximate surface area is 144 Å². The summed E-state index contributed by atoms with van der Waals surface area (Å²) < 4.78 is 0. The molecule has 0 aromatic carbocycles. The van der Waals surface area contributed by atoms with E-state index in [1.54, 1.807) is 0 Å². The summed E-state index contributed by atoms with van der Waals surface area (Å²) in [5.74, 6) is 0. The Hall–Kier alpha value is 3.87. The van der Waals surface area contributed by atoms with E-state index in [1.165, 1.54) is 0 Å². The third-order valence-electron chi connectivity index (χ3n) is 0. The average Bonchev–Trinajstić information content (AvgIpc) is 0. The molecule has 32 valence electrons. The van der Waals surface area contributed by atoms with Crippen LogP contribution in [0.25, 0.3) is 0 Å². The van der Waals surface area contributed by atoms with Gasteiger partial charge in [0.05, 0.1) is 0 Å². The Balaban J connectivity index is 0. The summed E-state index contributed by atoms with van der Waals surface area (Å²) in [7, 11) is 0. The molecule has 0 radical (unpaired) electrons. The van der Waals surface area contributed by atoms with Gasteiger partial charge in [0.25, 0.3) is 0 Å². The van der Waals surface area contributed by atoms with Gasteiger partial charge in [0.2, 0.25) is 0 Å². The maximum absolute atomic E-state index is 0. The smallest absolute Gasteiger partial charge is 2.00 e. The largest absolute Gasteiger partial charge is 3.00 e. The molecular weight excluding hydrogens is 293 g/mol. The minimum Gasteiger partial charge on any atom is -2.00 e. The van der Waals surface area contributed by atoms with E-state index >= 15 is 0 Å². The van der Waals surface area contributed by atoms with Crippen molar-refractivity contribution in [1.82, 2.24) is 0 Å². The molecule has 8 heavy (non-hydrogen) atoms. The number of hydrogen-bond acceptors (Lipinski definition) is 0. The Morgan fingerprint density at radius 1 is 0.375 bits per heavy atom. The van der Waals surface area contributed by atoms with E-state index in [0.717, 1.165) is 0 Å². The minimum atomic E-state index is 0. The van der Waals surface area contributed by atoms with Crippen molar-refractivity contribution in [3.63, 3.8) is 0 Å². The summed E-state index contributed by atoms with van der Waals surface area (Å²) >= 11 is 0. The number of rotatable bonds is 0. The van der Waals surface area contributed by atoms with Crippen molar-refractivity contribution in [2.75, 3.05) is 0 Å². The van der Waals surface area contributed by atoms with Crippen LogP contribution in [0.2, 0.25) is 0 Å². The van der Waals surface area contributed by atoms with Crippen molar-refractivity contribution in [3.05, 3.63) is 0 Å². The zero-order chi connectivity index (χ0) is 0. The molecule has 0 bridgehead atoms. The van der Waals surface area contributed by atoms with Gasteiger partial charge in [-0.1, -0.05) is 0 Å². The van der Waals surface area contributed by atoms with E-state index in [2.05, 4.69) is 0 Å². The summed E-state index contributed by atoms with van der Waals surface area (Å²) in [6, 6.07) is 0. The van der Waals surface area contributed by atoms with Gasteiger partial charge in [-0.3, -0.25) is 0 Å². The molecule has 0 rings (SSSR count). The predicted molar refractivity (Wildman–Crippen MR) is 25.8 cm³/mol. The molecule has 0 saturated heterocycles. The molecule has 0 saturated carbocycles. The van der Waals surface area contributed by atoms with Crippen molar-refractivity contribution in [3.8, 4) is 0 Å². The van der Waals surface area contributed by atoms with Gasteiger partial charge in [-0.2, -0.15) is 0 Å². The van der Waals surface area contributed by atoms with E-state index in [1.807, 2.05) is 0 Å². The van der Waals surface area contributed by atoms with Gasteiger partial charge in [0.15, 0.2) is 0 Å². The monoisotopic (exact) mass is 294 g/mol. The first kappa shape index (κ1) is 93.7. The molecule has 0 aliphatic carbocycles. The quantitative estimate of drug-likeness (QED) is 0.460. The van der Waals surface area contributed by atoms with Crippen LogP contribution < -0.4 is 0 Å². The van der Waals surface area contributed by atoms with Gasteiger partial charge in [-0.25, -0.2) is 0 Å². The van der Waals surface area contributed by atoms with Crippen LogP contribution in [-0.2, 0) is 21.9 Å². The summed E-state index contributed by atoms with van der Waals surface area (Å²) in [6.07, 6.45) is 0. The summed E-state index contributed by atoms with van der Waals surface area (Å²) in [5.41, 5.74) is 0. The summed E-state index contributed by atoms with van der Waals surface area (Å²) in [5, 5.41) is 0. The minimum absolute atomic E-state index is 0. The van der Waals surface area contributed by atoms with Crippen molar-refractivity contribution in [2.45, 2.75) is 0 Å². The van der Waals surface area contributed by atoms with E-state index in [-0.39, 0.29) is 148 Å². The Kier molecular flexibility index (Phi) is 829. The van der Waals surface area contributed by atoms with Gasteiger partial charge >= 0.3 is 126 Å². The van der Waals surface area contributed by atoms with Crippen molar-refractivity contribution < 1.29 is 21.9 Å². The molecule has 8 heteroatoms. The molecule has 0 aliphatic heterocycles. The van der Waals surface area contributed by atoms with E-state index < -0.39 is 0 Å². The Morgan fingerprint density at radius 3 is 0.375 bits per heavy atom. The molecule has 0 fully saturated rings. The maximum atomic E-state index is 0. The fourth-order valence-electron chi connectivity index (χ4n) is 0. The van der Waals surface area contributed by atoms with E-state index in [9.17, 15) is 0 Å². The first-order chi connectivity index (χ1) is 0. The van der Waals surface area contributed by atoms with Crippen LogP contribution in [0.3, 0.4) is 0 Å². The van der Waals surface area contributed by atoms with Crippen LogP contribution in [0.4, 0.5) is 0 Å². The fraction of sp³-hybridized carbons (Fsp3) is 0. The van der Waals surface area contributed by atoms with Gasteiger partial charge in [-0.15, -0.1) is 0 Å². The van der Waals surface area contributed by atoms with Crippen LogP contribution in [0.15, 0.2) is 0 Å². The zero-order valence-electron chi connectivity index (χ0n) is 4.20. The molecule has 0 aromatic heterocycles. The van der Waals surface area contributed by atoms with Crippen LogP contribution in [0, 0.1) is 0 Å². The Morgan fingerprint density at radius 2 is 0.375 bits per heavy atom. The topological polar surface area (TPSA) is 114 Å². The van der Waals surface area contributed by atoms with Gasteiger partial charge in [-0.05, 0) is 0 Å². The molecular formula is Al2O4Sr2+2. The fourth-order valence-corrected chi connectivity index (χ4v) is 0. The zero-order valence-corrected chi connectivity index (χ0v) is 13.5. The normalized spacial score (nSPS) is 0. The molecule has 0 heterocycles. The second kappa shape index (κ2) is 70.8. The van der Waals surface area contributed by atoms with Crippen LogP contribution in [0.5, 0.6) is 0 Å². The van der Waals surface area contributed by atoms with Crippen molar-refractivity contribution in [1.29, 1.82) is 0 Å². The third kappa shape index (κ3) is 51.9. The first-order valence-corrected chi connectivity index (χ1v) is 0. The second-order valence-electron chi connectivity index (χ2n) is 0. The van der Waals surface area contributed by atoms with E-state index in [4.69, 9.17) is 0 Å². The molecule has 4 nitrogen and oxygen atoms in total. The SMILES string of the molecule is [Al+3].[Al+3].[O-2].[O-2].[O-2].[O-2].[Sr+2].[Sr+2]. The maximum Gasteiger partial charge on any atom is 3.00 e. The molecule has 0 N–H and O–H groups in total. The second-order valence-corrected chi connectivity index (χ2v) is 0. The molecule has 0 aromatic rings. The predicted octanol–water partition coefficient (Wildman–Crippen LogP) is -2.00. The number of hydrogen-bond donors (Lipinski definition) is 0. The average molecular weight is 293 g/mol. The van der Waals surface area contributed by atoms with Crippen LogP contribution in [0.1, 0.15) is 0 Å². The van der Waals surface area contributed by atoms with Crippen LogP contribution >= 0.6 is 0 Å². The van der Waals surface area contributed by atoms with Gasteiger partial charge in [0, 0.05) is 0 Å². The van der Waals surface area contributed by atoms with Gasteiger partial charge < -0.3 is 21.9 Å². The molecule has 0 spiro atoms. The third-order valence-corrected chi connectivity index (χ3v) is 0. The molecule has 0 aliphatic rings. The van der Waals surface area contributed by atoms with Crippen LogP contribution in [-0.4, -0.2) is 126 Å². The molecule has 0 unspecified atom stereocenters. The van der Waals surface area contributed by atoms with Crippen molar-refractivity contribution >= 4 is 126 Å². The Bertz CT molecular complexity index is 12.0. The van der Waals surface area contributed by atoms with Crippen molar-refractivity contribution in [2.24, 2.45) is 0 Å².